The van der Waals surface area contributed by atoms with Gasteiger partial charge in [-0.1, -0.05) is 97.9 Å². The summed E-state index contributed by atoms with van der Waals surface area (Å²) in [5.74, 6) is 0.538. The number of nitriles is 1. The lowest BCUT2D eigenvalue weighted by Crippen LogP contribution is -2.38. The monoisotopic (exact) mass is 936 g/mol. The first-order chi connectivity index (χ1) is 33.2. The van der Waals surface area contributed by atoms with Gasteiger partial charge in [-0.2, -0.15) is 15.2 Å². The third-order valence-corrected chi connectivity index (χ3v) is 12.0. The van der Waals surface area contributed by atoms with Crippen LogP contribution in [0.1, 0.15) is 49.1 Å². The number of fused-ring (bicyclic) bond motifs is 1. The number of carbonyl (C=O) groups excluding carboxylic acids is 2. The molecule has 0 bridgehead atoms. The van der Waals surface area contributed by atoms with Crippen LogP contribution in [-0.4, -0.2) is 71.2 Å². The van der Waals surface area contributed by atoms with Crippen molar-refractivity contribution < 1.29 is 46.9 Å². The Labute approximate surface area is 393 Å². The molecule has 68 heavy (non-hydrogen) atoms. The highest BCUT2D eigenvalue weighted by atomic mass is 31.1. The Morgan fingerprint density at radius 3 is 1.97 bits per heavy atom. The number of nitrogens with zero attached hydrogens (tertiary/aromatic N) is 6. The minimum absolute atomic E-state index is 0.00306. The Morgan fingerprint density at radius 1 is 0.838 bits per heavy atom. The summed E-state index contributed by atoms with van der Waals surface area (Å²) in [6.45, 7) is 1.45. The van der Waals surface area contributed by atoms with E-state index in [1.54, 1.807) is 74.2 Å². The van der Waals surface area contributed by atoms with Crippen molar-refractivity contribution in [3.63, 3.8) is 0 Å². The Morgan fingerprint density at radius 2 is 1.41 bits per heavy atom. The number of nitrogens with one attached hydrogen (secondary N) is 1. The molecule has 0 saturated carbocycles. The summed E-state index contributed by atoms with van der Waals surface area (Å²) in [7, 11) is 0.467. The predicted octanol–water partition coefficient (Wildman–Crippen LogP) is 9.80. The molecular formula is C50H47N7O10P+. The third kappa shape index (κ3) is 10.3. The molecule has 1 saturated heterocycles. The van der Waals surface area contributed by atoms with Crippen LogP contribution in [0.3, 0.4) is 0 Å². The number of amides is 2. The van der Waals surface area contributed by atoms with E-state index < -0.39 is 38.4 Å². The van der Waals surface area contributed by atoms with Gasteiger partial charge in [0.15, 0.2) is 11.2 Å². The van der Waals surface area contributed by atoms with Crippen molar-refractivity contribution in [1.82, 2.24) is 19.5 Å². The molecule has 1 aliphatic rings. The topological polar surface area (TPSA) is 198 Å². The number of para-hydroxylation sites is 2. The van der Waals surface area contributed by atoms with Gasteiger partial charge in [-0.25, -0.2) is 14.7 Å². The van der Waals surface area contributed by atoms with Crippen molar-refractivity contribution in [2.24, 2.45) is 0 Å². The molecule has 17 nitrogen and oxygen atoms in total. The number of aromatic nitrogens is 4. The van der Waals surface area contributed by atoms with Crippen LogP contribution in [0.5, 0.6) is 17.4 Å². The zero-order valence-electron chi connectivity index (χ0n) is 37.3. The van der Waals surface area contributed by atoms with Crippen LogP contribution >= 0.6 is 8.25 Å². The fourth-order valence-corrected chi connectivity index (χ4v) is 8.55. The van der Waals surface area contributed by atoms with E-state index >= 15 is 0 Å². The van der Waals surface area contributed by atoms with Gasteiger partial charge in [0.25, 0.3) is 5.88 Å². The Kier molecular flexibility index (Phi) is 15.1. The average Bonchev–Trinajstić information content (AvgIpc) is 3.99. The van der Waals surface area contributed by atoms with Crippen LogP contribution in [0.4, 0.5) is 22.1 Å². The molecule has 2 aromatic heterocycles. The van der Waals surface area contributed by atoms with Crippen LogP contribution in [-0.2, 0) is 33.5 Å². The summed E-state index contributed by atoms with van der Waals surface area (Å²) >= 11 is 0. The second-order valence-corrected chi connectivity index (χ2v) is 16.2. The van der Waals surface area contributed by atoms with Crippen LogP contribution in [0.2, 0.25) is 0 Å². The molecule has 1 N–H and O–H groups in total. The van der Waals surface area contributed by atoms with Gasteiger partial charge in [0, 0.05) is 17.4 Å². The number of anilines is 3. The van der Waals surface area contributed by atoms with E-state index in [1.807, 2.05) is 97.1 Å². The molecule has 4 atom stereocenters. The van der Waals surface area contributed by atoms with E-state index in [9.17, 15) is 14.2 Å². The second kappa shape index (κ2) is 21.8. The zero-order chi connectivity index (χ0) is 47.5. The molecule has 8 rings (SSSR count). The molecule has 1 fully saturated rings. The summed E-state index contributed by atoms with van der Waals surface area (Å²) in [5.41, 5.74) is 2.39. The minimum atomic E-state index is -2.72. The highest BCUT2D eigenvalue weighted by molar-refractivity contribution is 7.33. The van der Waals surface area contributed by atoms with Crippen molar-refractivity contribution in [1.29, 1.82) is 5.26 Å². The summed E-state index contributed by atoms with van der Waals surface area (Å²) in [4.78, 5) is 42.1. The number of hydrogen-bond donors (Lipinski definition) is 1. The smallest absolute Gasteiger partial charge is 0.497 e. The number of hydrogen-bond acceptors (Lipinski definition) is 14. The van der Waals surface area contributed by atoms with Gasteiger partial charge in [-0.05, 0) is 65.2 Å². The highest BCUT2D eigenvalue weighted by Crippen LogP contribution is 2.45. The average molecular weight is 937 g/mol. The van der Waals surface area contributed by atoms with Gasteiger partial charge in [0.05, 0.1) is 51.0 Å². The molecular weight excluding hydrogens is 890 g/mol. The maximum atomic E-state index is 14.2. The number of imidazole rings is 1. The molecule has 0 spiro atoms. The van der Waals surface area contributed by atoms with Gasteiger partial charge >= 0.3 is 14.3 Å². The first kappa shape index (κ1) is 46.9. The summed E-state index contributed by atoms with van der Waals surface area (Å²) in [5, 5.41) is 11.8. The number of benzene rings is 5. The summed E-state index contributed by atoms with van der Waals surface area (Å²) in [6.07, 6.45) is -1.86. The fourth-order valence-electron chi connectivity index (χ4n) is 7.80. The third-order valence-electron chi connectivity index (χ3n) is 11.1. The number of methoxy groups -OCH3 is 2. The largest absolute Gasteiger partial charge is 0.697 e. The lowest BCUT2D eigenvalue weighted by Gasteiger charge is -2.37. The molecule has 0 aliphatic carbocycles. The number of ether oxygens (including phenoxy) is 5. The van der Waals surface area contributed by atoms with Crippen LogP contribution < -0.4 is 24.4 Å². The maximum absolute atomic E-state index is 14.2. The number of rotatable bonds is 19. The molecule has 346 valence electrons. The van der Waals surface area contributed by atoms with Gasteiger partial charge in [-0.15, -0.1) is 9.05 Å². The van der Waals surface area contributed by atoms with E-state index in [0.717, 1.165) is 16.7 Å². The van der Waals surface area contributed by atoms with Crippen molar-refractivity contribution in [2.45, 2.75) is 50.2 Å². The Balaban J connectivity index is 1.17. The highest BCUT2D eigenvalue weighted by Gasteiger charge is 2.47. The molecule has 3 heterocycles. The van der Waals surface area contributed by atoms with Gasteiger partial charge < -0.3 is 23.7 Å². The van der Waals surface area contributed by atoms with Gasteiger partial charge in [-0.3, -0.25) is 14.7 Å². The van der Waals surface area contributed by atoms with Crippen molar-refractivity contribution >= 4 is 48.7 Å². The van der Waals surface area contributed by atoms with Crippen LogP contribution in [0.25, 0.3) is 11.2 Å². The van der Waals surface area contributed by atoms with E-state index in [1.165, 1.54) is 11.2 Å². The van der Waals surface area contributed by atoms with Crippen LogP contribution in [0.15, 0.2) is 146 Å². The number of carbonyl (C=O) groups is 2. The minimum Gasteiger partial charge on any atom is -0.497 e. The van der Waals surface area contributed by atoms with E-state index in [0.29, 0.717) is 22.9 Å². The molecule has 5 aromatic carbocycles. The normalized spacial score (nSPS) is 15.9. The van der Waals surface area contributed by atoms with E-state index in [2.05, 4.69) is 20.3 Å². The Hall–Kier alpha value is -7.58. The molecule has 2 amide bonds. The van der Waals surface area contributed by atoms with E-state index in [-0.39, 0.29) is 61.4 Å². The van der Waals surface area contributed by atoms with Gasteiger partial charge in [0.2, 0.25) is 11.9 Å². The first-order valence-electron chi connectivity index (χ1n) is 21.7. The predicted molar refractivity (Wildman–Crippen MR) is 251 cm³/mol. The summed E-state index contributed by atoms with van der Waals surface area (Å²) in [6, 6.07) is 44.7. The molecule has 0 radical (unpaired) electrons. The fraction of sp³-hybridized carbons (Fsp3) is 0.240. The first-order valence-corrected chi connectivity index (χ1v) is 22.8. The molecule has 1 unspecified atom stereocenters. The van der Waals surface area contributed by atoms with Crippen LogP contribution in [0, 0.1) is 11.3 Å². The maximum Gasteiger partial charge on any atom is 0.697 e. The lowest BCUT2D eigenvalue weighted by molar-refractivity contribution is -0.115. The zero-order valence-corrected chi connectivity index (χ0v) is 38.2. The van der Waals surface area contributed by atoms with Crippen molar-refractivity contribution in [2.75, 3.05) is 37.7 Å². The molecule has 7 aromatic rings. The molecule has 1 aliphatic heterocycles. The standard InChI is InChI=1S/C50H46N7O10P/c1-4-43(58)53-48-54-46-45(47(55-48)66-49(59)57(37-17-10-6-11-18-37)38-19-12-7-13-20-38)52-33-56(46)44-31-41(67-68(60)64-30-14-29-51)42(65-44)32-63-50(34-15-8-5-9-16-34,35-21-25-39(61-2)26-22-35)36-23-27-40(62-3)28-24-36/h5-13,15-28,33,41-42,44H,4,14,30-32H2,1-3H3/p+1/t41-,42+,44+/m0/s1. The quantitative estimate of drug-likeness (QED) is 0.0456. The summed E-state index contributed by atoms with van der Waals surface area (Å²) < 4.78 is 57.4. The SMILES string of the molecule is CCC(=O)Nc1nc(OC(=O)N(c2ccccc2)c2ccccc2)c2ncn([C@H]3C[C@H](O[P+](=O)OCCC#N)[C@@H](COC(c4ccccc4)(c4ccc(OC)cc4)c4ccc(OC)cc4)O3)c2n1. The Bertz CT molecular complexity index is 2780. The lowest BCUT2D eigenvalue weighted by atomic mass is 9.80. The van der Waals surface area contributed by atoms with Gasteiger partial charge in [0.1, 0.15) is 42.1 Å². The second-order valence-electron chi connectivity index (χ2n) is 15.2. The van der Waals surface area contributed by atoms with Crippen molar-refractivity contribution in [3.8, 4) is 23.4 Å². The molecule has 18 heteroatoms. The van der Waals surface area contributed by atoms with Crippen molar-refractivity contribution in [3.05, 3.63) is 163 Å². The van der Waals surface area contributed by atoms with E-state index in [4.69, 9.17) is 38.0 Å².